The van der Waals surface area contributed by atoms with E-state index in [1.165, 1.54) is 15.9 Å². The number of rotatable bonds is 10. The summed E-state index contributed by atoms with van der Waals surface area (Å²) in [6, 6.07) is 33.6. The molecule has 0 unspecified atom stereocenters. The molecule has 0 atom stereocenters. The van der Waals surface area contributed by atoms with Crippen molar-refractivity contribution in [3.63, 3.8) is 0 Å². The Morgan fingerprint density at radius 3 is 1.23 bits per heavy atom. The first-order valence-corrected chi connectivity index (χ1v) is 13.8. The molecule has 30 heavy (non-hydrogen) atoms. The Labute approximate surface area is 188 Å². The minimum Gasteiger partial charge on any atom is -1.00 e. The molecule has 0 aliphatic carbocycles. The summed E-state index contributed by atoms with van der Waals surface area (Å²) in [5.41, 5.74) is 0. The molecule has 0 bridgehead atoms. The van der Waals surface area contributed by atoms with E-state index in [-0.39, 0.29) is 12.4 Å². The van der Waals surface area contributed by atoms with Crippen LogP contribution in [-0.2, 0) is 13.3 Å². The number of hydrogen-bond donors (Lipinski definition) is 0. The van der Waals surface area contributed by atoms with Gasteiger partial charge in [0, 0.05) is 27.4 Å². The van der Waals surface area contributed by atoms with Crippen molar-refractivity contribution in [1.82, 2.24) is 0 Å². The highest BCUT2D eigenvalue weighted by atomic mass is 35.5. The van der Waals surface area contributed by atoms with Crippen molar-refractivity contribution in [1.29, 1.82) is 0 Å². The molecule has 0 aliphatic heterocycles. The van der Waals surface area contributed by atoms with Gasteiger partial charge in [-0.25, -0.2) is 0 Å². The molecule has 3 aromatic rings. The van der Waals surface area contributed by atoms with Crippen LogP contribution in [0.15, 0.2) is 91.0 Å². The zero-order valence-electron chi connectivity index (χ0n) is 17.8. The predicted molar refractivity (Wildman–Crippen MR) is 126 cm³/mol. The van der Waals surface area contributed by atoms with Gasteiger partial charge in [0.25, 0.3) is 0 Å². The fourth-order valence-corrected chi connectivity index (χ4v) is 10.3. The van der Waals surface area contributed by atoms with E-state index in [4.69, 9.17) is 13.3 Å². The van der Waals surface area contributed by atoms with Gasteiger partial charge in [0.2, 0.25) is 0 Å². The minimum absolute atomic E-state index is 0. The van der Waals surface area contributed by atoms with Gasteiger partial charge in [0.1, 0.15) is 23.2 Å². The van der Waals surface area contributed by atoms with Gasteiger partial charge < -0.3 is 25.7 Å². The zero-order chi connectivity index (χ0) is 20.6. The van der Waals surface area contributed by atoms with Crippen LogP contribution in [0, 0.1) is 0 Å². The van der Waals surface area contributed by atoms with Crippen LogP contribution in [0.3, 0.4) is 0 Å². The van der Waals surface area contributed by atoms with Crippen LogP contribution in [0.1, 0.15) is 6.42 Å². The van der Waals surface area contributed by atoms with Gasteiger partial charge in [-0.15, -0.1) is 0 Å². The third-order valence-corrected chi connectivity index (χ3v) is 12.9. The van der Waals surface area contributed by atoms with E-state index in [1.54, 1.807) is 21.3 Å². The third kappa shape index (κ3) is 5.20. The molecular weight excluding hydrogens is 431 g/mol. The van der Waals surface area contributed by atoms with E-state index in [2.05, 4.69) is 91.0 Å². The van der Waals surface area contributed by atoms with Crippen LogP contribution in [0.25, 0.3) is 0 Å². The first-order valence-electron chi connectivity index (χ1n) is 9.91. The first-order chi connectivity index (χ1) is 14.2. The topological polar surface area (TPSA) is 27.7 Å². The molecule has 0 heterocycles. The van der Waals surface area contributed by atoms with E-state index >= 15 is 0 Å². The van der Waals surface area contributed by atoms with Crippen LogP contribution in [0.5, 0.6) is 0 Å². The van der Waals surface area contributed by atoms with Crippen LogP contribution >= 0.6 is 7.26 Å². The van der Waals surface area contributed by atoms with Crippen molar-refractivity contribution in [3.05, 3.63) is 91.0 Å². The van der Waals surface area contributed by atoms with E-state index in [1.807, 2.05) is 0 Å². The standard InChI is InChI=1S/C24H30O3PSi.ClH/c1-25-29(26-2,27-3)21-13-20-28(22-14-7-4-8-15-22,23-16-9-5-10-17-23)24-18-11-6-12-19-24;/h4-12,14-19H,13,20-21H2,1-3H3;1H/q+1;/p-1. The van der Waals surface area contributed by atoms with Crippen LogP contribution in [0.2, 0.25) is 6.04 Å². The van der Waals surface area contributed by atoms with Crippen molar-refractivity contribution < 1.29 is 25.7 Å². The van der Waals surface area contributed by atoms with Gasteiger partial charge in [-0.2, -0.15) is 0 Å². The van der Waals surface area contributed by atoms with Gasteiger partial charge >= 0.3 is 8.80 Å². The molecule has 160 valence electrons. The summed E-state index contributed by atoms with van der Waals surface area (Å²) in [5.74, 6) is 0. The lowest BCUT2D eigenvalue weighted by Crippen LogP contribution is -3.00. The Bertz CT molecular complexity index is 756. The third-order valence-electron chi connectivity index (χ3n) is 5.50. The number of benzene rings is 3. The first kappa shape index (κ1) is 24.7. The second kappa shape index (κ2) is 11.8. The largest absolute Gasteiger partial charge is 1.00 e. The Hall–Kier alpha value is -1.52. The summed E-state index contributed by atoms with van der Waals surface area (Å²) in [5, 5.41) is 4.20. The lowest BCUT2D eigenvalue weighted by atomic mass is 10.4. The van der Waals surface area contributed by atoms with Gasteiger partial charge in [-0.1, -0.05) is 54.6 Å². The molecule has 0 aromatic heterocycles. The van der Waals surface area contributed by atoms with Crippen molar-refractivity contribution in [3.8, 4) is 0 Å². The molecule has 0 saturated carbocycles. The average molecular weight is 461 g/mol. The predicted octanol–water partition coefficient (Wildman–Crippen LogP) is 1.25. The summed E-state index contributed by atoms with van der Waals surface area (Å²) >= 11 is 0. The van der Waals surface area contributed by atoms with Crippen molar-refractivity contribution in [2.75, 3.05) is 27.5 Å². The van der Waals surface area contributed by atoms with E-state index < -0.39 is 16.1 Å². The zero-order valence-corrected chi connectivity index (χ0v) is 20.5. The molecule has 0 spiro atoms. The maximum Gasteiger partial charge on any atom is 0.500 e. The summed E-state index contributed by atoms with van der Waals surface area (Å²) in [4.78, 5) is 0. The summed E-state index contributed by atoms with van der Waals surface area (Å²) in [6.07, 6.45) is 2.00. The summed E-state index contributed by atoms with van der Waals surface area (Å²) < 4.78 is 17.0. The number of halogens is 1. The molecular formula is C24H30ClO3PSi. The smallest absolute Gasteiger partial charge is 0.500 e. The number of hydrogen-bond acceptors (Lipinski definition) is 3. The molecule has 0 fully saturated rings. The van der Waals surface area contributed by atoms with Gasteiger partial charge in [0.05, 0.1) is 6.16 Å². The van der Waals surface area contributed by atoms with Gasteiger partial charge in [-0.05, 0) is 42.8 Å². The van der Waals surface area contributed by atoms with Crippen LogP contribution in [0.4, 0.5) is 0 Å². The molecule has 6 heteroatoms. The normalized spacial score (nSPS) is 11.7. The average Bonchev–Trinajstić information content (AvgIpc) is 2.82. The lowest BCUT2D eigenvalue weighted by Gasteiger charge is -2.29. The molecule has 0 aliphatic rings. The van der Waals surface area contributed by atoms with E-state index in [0.29, 0.717) is 0 Å². The highest BCUT2D eigenvalue weighted by molar-refractivity contribution is 7.95. The molecule has 3 aromatic carbocycles. The SMILES string of the molecule is CO[Si](CCC[P+](c1ccccc1)(c1ccccc1)c1ccccc1)(OC)OC.[Cl-]. The van der Waals surface area contributed by atoms with Crippen molar-refractivity contribution in [2.24, 2.45) is 0 Å². The lowest BCUT2D eigenvalue weighted by molar-refractivity contribution is -0.0000103. The Kier molecular flexibility index (Phi) is 9.70. The highest BCUT2D eigenvalue weighted by Gasteiger charge is 2.46. The van der Waals surface area contributed by atoms with E-state index in [0.717, 1.165) is 18.6 Å². The van der Waals surface area contributed by atoms with Crippen molar-refractivity contribution >= 4 is 32.0 Å². The summed E-state index contributed by atoms with van der Waals surface area (Å²) in [6.45, 7) is 0. The maximum atomic E-state index is 5.67. The molecule has 0 saturated heterocycles. The fraction of sp³-hybridized carbons (Fsp3) is 0.250. The highest BCUT2D eigenvalue weighted by Crippen LogP contribution is 2.56. The monoisotopic (exact) mass is 460 g/mol. The second-order valence-electron chi connectivity index (χ2n) is 6.94. The Balaban J connectivity index is 0.00000320. The summed E-state index contributed by atoms with van der Waals surface area (Å²) in [7, 11) is 0.646. The fourth-order valence-electron chi connectivity index (χ4n) is 3.97. The second-order valence-corrected chi connectivity index (χ2v) is 13.6. The van der Waals surface area contributed by atoms with Crippen LogP contribution in [-0.4, -0.2) is 36.3 Å². The molecule has 0 N–H and O–H groups in total. The van der Waals surface area contributed by atoms with Gasteiger partial charge in [0.15, 0.2) is 0 Å². The molecule has 3 rings (SSSR count). The van der Waals surface area contributed by atoms with E-state index in [9.17, 15) is 0 Å². The quantitative estimate of drug-likeness (QED) is 0.337. The molecule has 0 amide bonds. The minimum atomic E-state index is -2.60. The Morgan fingerprint density at radius 2 is 0.933 bits per heavy atom. The Morgan fingerprint density at radius 1 is 0.600 bits per heavy atom. The molecule has 3 nitrogen and oxygen atoms in total. The van der Waals surface area contributed by atoms with Crippen LogP contribution < -0.4 is 28.3 Å². The maximum absolute atomic E-state index is 5.67. The van der Waals surface area contributed by atoms with Gasteiger partial charge in [-0.3, -0.25) is 0 Å². The molecule has 0 radical (unpaired) electrons. The van der Waals surface area contributed by atoms with Crippen molar-refractivity contribution in [2.45, 2.75) is 12.5 Å².